The van der Waals surface area contributed by atoms with E-state index < -0.39 is 17.0 Å². The van der Waals surface area contributed by atoms with Crippen LogP contribution in [0.4, 0.5) is 0 Å². The van der Waals surface area contributed by atoms with E-state index >= 15 is 0 Å². The lowest BCUT2D eigenvalue weighted by Gasteiger charge is -2.57. The van der Waals surface area contributed by atoms with Gasteiger partial charge >= 0.3 is 0 Å². The van der Waals surface area contributed by atoms with Gasteiger partial charge in [-0.05, 0) is 80.6 Å². The lowest BCUT2D eigenvalue weighted by Crippen LogP contribution is -2.52. The summed E-state index contributed by atoms with van der Waals surface area (Å²) >= 11 is 0. The molecule has 0 heterocycles. The molecule has 27 heavy (non-hydrogen) atoms. The number of carbonyl (C=O) groups excluding carboxylic acids is 2. The maximum atomic E-state index is 12.4. The fourth-order valence-corrected chi connectivity index (χ4v) is 7.72. The van der Waals surface area contributed by atoms with Gasteiger partial charge in [0.2, 0.25) is 5.76 Å². The Balaban J connectivity index is 1.78. The van der Waals surface area contributed by atoms with E-state index in [4.69, 9.17) is 0 Å². The minimum atomic E-state index is -0.899. The Labute approximate surface area is 160 Å². The van der Waals surface area contributed by atoms with Gasteiger partial charge in [0.25, 0.3) is 5.78 Å². The Bertz CT molecular complexity index is 793. The average Bonchev–Trinajstić information content (AvgIpc) is 2.88. The van der Waals surface area contributed by atoms with Crippen LogP contribution in [0.5, 0.6) is 0 Å². The van der Waals surface area contributed by atoms with Crippen LogP contribution >= 0.6 is 0 Å². The molecule has 0 radical (unpaired) electrons. The summed E-state index contributed by atoms with van der Waals surface area (Å²) in [4.78, 5) is 24.5. The molecule has 3 saturated carbocycles. The fourth-order valence-electron chi connectivity index (χ4n) is 7.72. The van der Waals surface area contributed by atoms with Crippen LogP contribution in [0.3, 0.4) is 0 Å². The van der Waals surface area contributed by atoms with E-state index in [0.717, 1.165) is 25.7 Å². The van der Waals surface area contributed by atoms with Crippen LogP contribution in [0, 0.1) is 40.4 Å². The highest BCUT2D eigenvalue weighted by atomic mass is 16.3. The van der Waals surface area contributed by atoms with Crippen LogP contribution in [0.1, 0.15) is 59.8 Å². The van der Waals surface area contributed by atoms with E-state index in [9.17, 15) is 24.9 Å². The van der Waals surface area contributed by atoms with Crippen molar-refractivity contribution in [2.24, 2.45) is 40.4 Å². The van der Waals surface area contributed by atoms with Gasteiger partial charge in [0, 0.05) is 5.92 Å². The Hall–Kier alpha value is -1.78. The quantitative estimate of drug-likeness (QED) is 0.632. The zero-order valence-electron chi connectivity index (χ0n) is 16.6. The fraction of sp³-hybridized carbons (Fsp3) is 0.727. The molecule has 5 heteroatoms. The monoisotopic (exact) mass is 374 g/mol. The predicted octanol–water partition coefficient (Wildman–Crippen LogP) is 4.40. The van der Waals surface area contributed by atoms with Crippen LogP contribution in [0.25, 0.3) is 0 Å². The first-order valence-electron chi connectivity index (χ1n) is 10.2. The molecule has 0 amide bonds. The molecule has 4 rings (SSSR count). The minimum absolute atomic E-state index is 0.0299. The van der Waals surface area contributed by atoms with Crippen molar-refractivity contribution in [3.8, 4) is 0 Å². The number of allylic oxidation sites excluding steroid dienone is 1. The number of hydrogen-bond donors (Lipinski definition) is 3. The van der Waals surface area contributed by atoms with Gasteiger partial charge in [-0.15, -0.1) is 0 Å². The normalized spacial score (nSPS) is 46.8. The average molecular weight is 374 g/mol. The molecule has 0 unspecified atom stereocenters. The molecule has 0 aromatic heterocycles. The molecule has 3 N–H and O–H groups in total. The van der Waals surface area contributed by atoms with E-state index in [1.807, 2.05) is 6.92 Å². The van der Waals surface area contributed by atoms with E-state index in [1.165, 1.54) is 0 Å². The third-order valence-corrected chi connectivity index (χ3v) is 8.75. The van der Waals surface area contributed by atoms with E-state index in [2.05, 4.69) is 13.8 Å². The molecule has 0 spiro atoms. The van der Waals surface area contributed by atoms with Crippen molar-refractivity contribution in [2.45, 2.75) is 59.8 Å². The summed E-state index contributed by atoms with van der Waals surface area (Å²) < 4.78 is 0. The zero-order chi connectivity index (χ0) is 19.9. The number of aliphatic hydroxyl groups excluding tert-OH is 3. The molecule has 0 bridgehead atoms. The Morgan fingerprint density at radius 2 is 1.74 bits per heavy atom. The molecular formula is C22H30O5. The molecule has 4 aliphatic carbocycles. The summed E-state index contributed by atoms with van der Waals surface area (Å²) in [5, 5.41) is 31.3. The standard InChI is InChI=1S/C22H30O5/c1-10-9-15-12-5-6-14-17(24)18(25)19(26)20(27)22(14,4)13(12)7-8-21(15,3)16(10)11(2)23/h10,12-13,15-16,24,26-27H,5-9H2,1-4H3/t10-,12+,13-,15-,16+,21-,22+/m0/s1. The van der Waals surface area contributed by atoms with Crippen molar-refractivity contribution >= 4 is 11.6 Å². The van der Waals surface area contributed by atoms with Gasteiger partial charge < -0.3 is 15.3 Å². The summed E-state index contributed by atoms with van der Waals surface area (Å²) in [6, 6.07) is 0. The number of rotatable bonds is 1. The highest BCUT2D eigenvalue weighted by Gasteiger charge is 2.63. The van der Waals surface area contributed by atoms with Crippen molar-refractivity contribution in [1.82, 2.24) is 0 Å². The van der Waals surface area contributed by atoms with Crippen LogP contribution in [-0.2, 0) is 9.59 Å². The number of aliphatic hydroxyl groups is 3. The maximum absolute atomic E-state index is 12.4. The van der Waals surface area contributed by atoms with E-state index in [0.29, 0.717) is 29.7 Å². The highest BCUT2D eigenvalue weighted by molar-refractivity contribution is 6.07. The third-order valence-electron chi connectivity index (χ3n) is 8.75. The largest absolute Gasteiger partial charge is 0.507 e. The van der Waals surface area contributed by atoms with Gasteiger partial charge in [0.15, 0.2) is 5.76 Å². The first kappa shape index (κ1) is 18.6. The second-order valence-corrected chi connectivity index (χ2v) is 9.82. The summed E-state index contributed by atoms with van der Waals surface area (Å²) in [7, 11) is 0. The smallest absolute Gasteiger partial charge is 0.265 e. The molecule has 4 aliphatic rings. The molecule has 148 valence electrons. The summed E-state index contributed by atoms with van der Waals surface area (Å²) in [6.45, 7) is 8.00. The minimum Gasteiger partial charge on any atom is -0.507 e. The van der Waals surface area contributed by atoms with Crippen molar-refractivity contribution in [3.63, 3.8) is 0 Å². The Morgan fingerprint density at radius 3 is 2.37 bits per heavy atom. The molecule has 0 aromatic rings. The van der Waals surface area contributed by atoms with Crippen molar-refractivity contribution in [2.75, 3.05) is 0 Å². The number of ketones is 2. The maximum Gasteiger partial charge on any atom is 0.265 e. The molecule has 0 saturated heterocycles. The first-order valence-corrected chi connectivity index (χ1v) is 10.2. The summed E-state index contributed by atoms with van der Waals surface area (Å²) in [6.07, 6.45) is 4.08. The first-order chi connectivity index (χ1) is 12.5. The van der Waals surface area contributed by atoms with Crippen molar-refractivity contribution in [1.29, 1.82) is 0 Å². The molecule has 5 nitrogen and oxygen atoms in total. The molecule has 0 aromatic carbocycles. The Kier molecular flexibility index (Phi) is 3.86. The zero-order valence-corrected chi connectivity index (χ0v) is 16.6. The van der Waals surface area contributed by atoms with Crippen molar-refractivity contribution in [3.05, 3.63) is 22.9 Å². The van der Waals surface area contributed by atoms with Crippen LogP contribution in [0.15, 0.2) is 22.9 Å². The summed E-state index contributed by atoms with van der Waals surface area (Å²) in [5.41, 5.74) is -0.358. The van der Waals surface area contributed by atoms with Gasteiger partial charge in [0.1, 0.15) is 11.5 Å². The number of carbonyl (C=O) groups is 2. The predicted molar refractivity (Wildman–Crippen MR) is 100 cm³/mol. The number of fused-ring (bicyclic) bond motifs is 5. The third kappa shape index (κ3) is 2.11. The topological polar surface area (TPSA) is 94.8 Å². The van der Waals surface area contributed by atoms with Crippen molar-refractivity contribution < 1.29 is 24.9 Å². The van der Waals surface area contributed by atoms with Gasteiger partial charge in [-0.3, -0.25) is 9.59 Å². The number of Topliss-reactive ketones (excluding diaryl/α,β-unsaturated/α-hetero) is 2. The summed E-state index contributed by atoms with van der Waals surface area (Å²) in [5.74, 6) is -0.821. The molecule has 3 fully saturated rings. The molecule has 7 atom stereocenters. The second-order valence-electron chi connectivity index (χ2n) is 9.82. The highest BCUT2D eigenvalue weighted by Crippen LogP contribution is 2.68. The van der Waals surface area contributed by atoms with Gasteiger partial charge in [-0.2, -0.15) is 0 Å². The van der Waals surface area contributed by atoms with E-state index in [1.54, 1.807) is 6.92 Å². The Morgan fingerprint density at radius 1 is 1.07 bits per heavy atom. The number of hydrogen-bond acceptors (Lipinski definition) is 5. The lowest BCUT2D eigenvalue weighted by atomic mass is 9.47. The van der Waals surface area contributed by atoms with Crippen LogP contribution in [-0.4, -0.2) is 26.9 Å². The van der Waals surface area contributed by atoms with Gasteiger partial charge in [-0.1, -0.05) is 13.8 Å². The molecular weight excluding hydrogens is 344 g/mol. The SMILES string of the molecule is CC(=O)[C@H]1[C@@H](C)C[C@H]2[C@@H]3CCC4=C(O)C(=O)C(O)=C(O)[C@]4(C)[C@H]3CC[C@@]21C. The van der Waals surface area contributed by atoms with E-state index in [-0.39, 0.29) is 34.6 Å². The van der Waals surface area contributed by atoms with Gasteiger partial charge in [0.05, 0.1) is 5.41 Å². The van der Waals surface area contributed by atoms with Crippen LogP contribution in [0.2, 0.25) is 0 Å². The van der Waals surface area contributed by atoms with Gasteiger partial charge in [-0.25, -0.2) is 0 Å². The lowest BCUT2D eigenvalue weighted by molar-refractivity contribution is -0.129. The molecule has 0 aliphatic heterocycles. The second kappa shape index (κ2) is 5.62. The van der Waals surface area contributed by atoms with Crippen LogP contribution < -0.4 is 0 Å².